The van der Waals surface area contributed by atoms with E-state index in [9.17, 15) is 14.7 Å². The topological polar surface area (TPSA) is 82.1 Å². The SMILES string of the molecule is CCOC(OCC)C(=O)C(CC)(OCC)C(=O)O.[AlH3]. The highest BCUT2D eigenvalue weighted by molar-refractivity contribution is 6.08. The number of carboxylic acids is 1. The number of ether oxygens (including phenoxy) is 3. The lowest BCUT2D eigenvalue weighted by atomic mass is 9.94. The molecule has 0 rings (SSSR count). The minimum absolute atomic E-state index is 0. The van der Waals surface area contributed by atoms with Crippen LogP contribution >= 0.6 is 0 Å². The van der Waals surface area contributed by atoms with E-state index in [2.05, 4.69) is 0 Å². The molecule has 0 saturated carbocycles. The maximum Gasteiger partial charge on any atom is 0.344 e. The second-order valence-electron chi connectivity index (χ2n) is 3.53. The first-order valence-electron chi connectivity index (χ1n) is 6.14. The summed E-state index contributed by atoms with van der Waals surface area (Å²) in [5.74, 6) is -2.02. The molecule has 1 N–H and O–H groups in total. The van der Waals surface area contributed by atoms with Crippen molar-refractivity contribution >= 4 is 29.1 Å². The van der Waals surface area contributed by atoms with Gasteiger partial charge in [0.05, 0.1) is 0 Å². The Morgan fingerprint density at radius 2 is 1.53 bits per heavy atom. The van der Waals surface area contributed by atoms with Crippen molar-refractivity contribution in [2.24, 2.45) is 0 Å². The van der Waals surface area contributed by atoms with Crippen molar-refractivity contribution in [1.82, 2.24) is 0 Å². The van der Waals surface area contributed by atoms with Crippen LogP contribution < -0.4 is 0 Å². The van der Waals surface area contributed by atoms with Crippen LogP contribution in [0.3, 0.4) is 0 Å². The van der Waals surface area contributed by atoms with Gasteiger partial charge in [-0.15, -0.1) is 0 Å². The number of rotatable bonds is 10. The average molecular weight is 292 g/mol. The van der Waals surface area contributed by atoms with E-state index < -0.39 is 23.6 Å². The van der Waals surface area contributed by atoms with Gasteiger partial charge in [0.2, 0.25) is 17.7 Å². The van der Waals surface area contributed by atoms with E-state index in [0.29, 0.717) is 0 Å². The molecular formula is C12H25AlO6. The Morgan fingerprint density at radius 1 is 1.05 bits per heavy atom. The Hall–Kier alpha value is -0.448. The third-order valence-electron chi connectivity index (χ3n) is 2.48. The standard InChI is InChI=1S/C12H22O6.Al.3H/c1-5-12(11(14)15,18-8-4)9(13)10(16-6-2)17-7-3;;;;/h10H,5-8H2,1-4H3,(H,14,15);;;;. The van der Waals surface area contributed by atoms with Gasteiger partial charge in [-0.25, -0.2) is 4.79 Å². The number of carboxylic acid groups (broad SMARTS) is 1. The van der Waals surface area contributed by atoms with E-state index in [-0.39, 0.29) is 43.6 Å². The minimum atomic E-state index is -1.90. The molecule has 0 radical (unpaired) electrons. The van der Waals surface area contributed by atoms with E-state index in [1.165, 1.54) is 0 Å². The van der Waals surface area contributed by atoms with Crippen molar-refractivity contribution in [3.05, 3.63) is 0 Å². The van der Waals surface area contributed by atoms with Gasteiger partial charge in [-0.1, -0.05) is 6.92 Å². The van der Waals surface area contributed by atoms with E-state index in [1.54, 1.807) is 27.7 Å². The van der Waals surface area contributed by atoms with Crippen LogP contribution in [0.25, 0.3) is 0 Å². The zero-order valence-electron chi connectivity index (χ0n) is 11.4. The lowest BCUT2D eigenvalue weighted by Gasteiger charge is -2.29. The van der Waals surface area contributed by atoms with Crippen molar-refractivity contribution < 1.29 is 28.9 Å². The van der Waals surface area contributed by atoms with E-state index in [0.717, 1.165) is 0 Å². The summed E-state index contributed by atoms with van der Waals surface area (Å²) in [7, 11) is 0. The highest BCUT2D eigenvalue weighted by Crippen LogP contribution is 2.21. The van der Waals surface area contributed by atoms with Gasteiger partial charge in [-0.3, -0.25) is 4.79 Å². The average Bonchev–Trinajstić information content (AvgIpc) is 2.34. The Morgan fingerprint density at radius 3 is 1.79 bits per heavy atom. The molecule has 7 heteroatoms. The van der Waals surface area contributed by atoms with Crippen LogP contribution in [0.2, 0.25) is 0 Å². The van der Waals surface area contributed by atoms with Crippen molar-refractivity contribution in [3.8, 4) is 0 Å². The van der Waals surface area contributed by atoms with Gasteiger partial charge in [0.25, 0.3) is 0 Å². The van der Waals surface area contributed by atoms with Crippen LogP contribution in [0, 0.1) is 0 Å². The minimum Gasteiger partial charge on any atom is -0.479 e. The highest BCUT2D eigenvalue weighted by Gasteiger charge is 2.49. The fourth-order valence-electron chi connectivity index (χ4n) is 1.60. The fraction of sp³-hybridized carbons (Fsp3) is 0.833. The summed E-state index contributed by atoms with van der Waals surface area (Å²) in [5, 5.41) is 9.25. The predicted octanol–water partition coefficient (Wildman–Crippen LogP) is 0.0406. The Kier molecular flexibility index (Phi) is 11.4. The number of hydrogen-bond donors (Lipinski definition) is 1. The van der Waals surface area contributed by atoms with Crippen LogP contribution in [0.5, 0.6) is 0 Å². The molecule has 0 fully saturated rings. The first kappa shape index (κ1) is 20.9. The predicted molar refractivity (Wildman–Crippen MR) is 74.3 cm³/mol. The molecule has 0 aromatic carbocycles. The number of aliphatic carboxylic acids is 1. The summed E-state index contributed by atoms with van der Waals surface area (Å²) in [6.45, 7) is 7.25. The molecule has 0 amide bonds. The summed E-state index contributed by atoms with van der Waals surface area (Å²) >= 11 is 0. The summed E-state index contributed by atoms with van der Waals surface area (Å²) in [4.78, 5) is 23.6. The first-order chi connectivity index (χ1) is 8.49. The van der Waals surface area contributed by atoms with Crippen LogP contribution in [0.15, 0.2) is 0 Å². The Bertz CT molecular complexity index is 277. The molecule has 1 atom stereocenters. The third kappa shape index (κ3) is 5.21. The maximum absolute atomic E-state index is 12.3. The van der Waals surface area contributed by atoms with Crippen molar-refractivity contribution in [2.45, 2.75) is 46.0 Å². The van der Waals surface area contributed by atoms with Gasteiger partial charge in [0.15, 0.2) is 17.4 Å². The van der Waals surface area contributed by atoms with Gasteiger partial charge in [0, 0.05) is 19.8 Å². The molecule has 0 heterocycles. The molecule has 0 aromatic heterocycles. The van der Waals surface area contributed by atoms with Gasteiger partial charge < -0.3 is 19.3 Å². The molecule has 0 saturated heterocycles. The lowest BCUT2D eigenvalue weighted by Crippen LogP contribution is -2.54. The molecule has 0 aliphatic heterocycles. The summed E-state index contributed by atoms with van der Waals surface area (Å²) in [5.41, 5.74) is -1.90. The second kappa shape index (κ2) is 10.4. The smallest absolute Gasteiger partial charge is 0.344 e. The van der Waals surface area contributed by atoms with Crippen molar-refractivity contribution in [2.75, 3.05) is 19.8 Å². The monoisotopic (exact) mass is 292 g/mol. The molecule has 0 aliphatic carbocycles. The third-order valence-corrected chi connectivity index (χ3v) is 2.48. The van der Waals surface area contributed by atoms with Gasteiger partial charge in [-0.05, 0) is 27.2 Å². The Labute approximate surface area is 124 Å². The molecule has 0 spiro atoms. The maximum atomic E-state index is 12.3. The Balaban J connectivity index is 0. The van der Waals surface area contributed by atoms with Gasteiger partial charge in [0.1, 0.15) is 0 Å². The van der Waals surface area contributed by atoms with Crippen molar-refractivity contribution in [1.29, 1.82) is 0 Å². The molecule has 112 valence electrons. The van der Waals surface area contributed by atoms with Crippen LogP contribution in [-0.2, 0) is 23.8 Å². The molecule has 6 nitrogen and oxygen atoms in total. The lowest BCUT2D eigenvalue weighted by molar-refractivity contribution is -0.198. The first-order valence-corrected chi connectivity index (χ1v) is 6.14. The number of Topliss-reactive ketones (excluding diaryl/α,β-unsaturated/α-hetero) is 1. The van der Waals surface area contributed by atoms with E-state index in [1.807, 2.05) is 0 Å². The summed E-state index contributed by atoms with van der Waals surface area (Å²) < 4.78 is 15.4. The zero-order chi connectivity index (χ0) is 14.2. The molecule has 1 unspecified atom stereocenters. The molecule has 0 aromatic rings. The highest BCUT2D eigenvalue weighted by atomic mass is 27.0. The normalized spacial score (nSPS) is 13.7. The largest absolute Gasteiger partial charge is 0.479 e. The summed E-state index contributed by atoms with van der Waals surface area (Å²) in [6.07, 6.45) is -1.19. The number of carbonyl (C=O) groups excluding carboxylic acids is 1. The second-order valence-corrected chi connectivity index (χ2v) is 3.53. The number of hydrogen-bond acceptors (Lipinski definition) is 5. The van der Waals surface area contributed by atoms with E-state index in [4.69, 9.17) is 14.2 Å². The number of carbonyl (C=O) groups is 2. The van der Waals surface area contributed by atoms with Crippen LogP contribution in [0.1, 0.15) is 34.1 Å². The molecule has 19 heavy (non-hydrogen) atoms. The van der Waals surface area contributed by atoms with Crippen molar-refractivity contribution in [3.63, 3.8) is 0 Å². The quantitative estimate of drug-likeness (QED) is 0.348. The fourth-order valence-corrected chi connectivity index (χ4v) is 1.60. The van der Waals surface area contributed by atoms with E-state index >= 15 is 0 Å². The summed E-state index contributed by atoms with van der Waals surface area (Å²) in [6, 6.07) is 0. The molecule has 0 aliphatic rings. The van der Waals surface area contributed by atoms with Crippen LogP contribution in [0.4, 0.5) is 0 Å². The molecular weight excluding hydrogens is 267 g/mol. The zero-order valence-corrected chi connectivity index (χ0v) is 11.4. The van der Waals surface area contributed by atoms with Gasteiger partial charge in [-0.2, -0.15) is 0 Å². The van der Waals surface area contributed by atoms with Crippen LogP contribution in [-0.4, -0.2) is 65.9 Å². The number of ketones is 1. The molecule has 0 bridgehead atoms. The van der Waals surface area contributed by atoms with Gasteiger partial charge >= 0.3 is 5.97 Å².